The van der Waals surface area contributed by atoms with Crippen molar-refractivity contribution >= 4 is 11.4 Å². The summed E-state index contributed by atoms with van der Waals surface area (Å²) in [5, 5.41) is 0. The quantitative estimate of drug-likeness (QED) is 0.619. The molecule has 1 saturated heterocycles. The molecular weight excluding hydrogens is 200 g/mol. The molecule has 0 aromatic carbocycles. The molecule has 1 fully saturated rings. The smallest absolute Gasteiger partial charge is 0.266 e. The molecule has 1 unspecified atom stereocenters. The van der Waals surface area contributed by atoms with Crippen molar-refractivity contribution < 1.29 is 12.6 Å². The number of hydrogen-bond acceptors (Lipinski definition) is 3. The van der Waals surface area contributed by atoms with Gasteiger partial charge in [0.15, 0.2) is 0 Å². The summed E-state index contributed by atoms with van der Waals surface area (Å²) in [6.45, 7) is 2.72. The van der Waals surface area contributed by atoms with Gasteiger partial charge in [-0.1, -0.05) is 45.4 Å². The first-order valence-electron chi connectivity index (χ1n) is 5.55. The van der Waals surface area contributed by atoms with Crippen LogP contribution >= 0.6 is 0 Å². The highest BCUT2D eigenvalue weighted by Crippen LogP contribution is 2.16. The average Bonchev–Trinajstić information content (AvgIpc) is 2.58. The van der Waals surface area contributed by atoms with Crippen molar-refractivity contribution in [3.63, 3.8) is 0 Å². The maximum Gasteiger partial charge on any atom is 0.305 e. The van der Waals surface area contributed by atoms with Crippen molar-refractivity contribution in [3.05, 3.63) is 0 Å². The Balaban J connectivity index is 1.86. The molecule has 2 atom stereocenters. The summed E-state index contributed by atoms with van der Waals surface area (Å²) >= 11 is -1.46. The molecule has 1 aliphatic heterocycles. The van der Waals surface area contributed by atoms with Crippen LogP contribution in [0.5, 0.6) is 0 Å². The van der Waals surface area contributed by atoms with E-state index >= 15 is 0 Å². The summed E-state index contributed by atoms with van der Waals surface area (Å²) in [6.07, 6.45) is 8.75. The fourth-order valence-electron chi connectivity index (χ4n) is 1.58. The third-order valence-electron chi connectivity index (χ3n) is 2.44. The van der Waals surface area contributed by atoms with Crippen LogP contribution in [0.3, 0.4) is 0 Å². The molecule has 3 nitrogen and oxygen atoms in total. The van der Waals surface area contributed by atoms with Gasteiger partial charge in [0.25, 0.3) is 0 Å². The van der Waals surface area contributed by atoms with Crippen LogP contribution in [0.25, 0.3) is 0 Å². The fraction of sp³-hybridized carbons (Fsp3) is 1.00. The molecule has 1 rings (SSSR count). The Morgan fingerprint density at radius 1 is 1.21 bits per heavy atom. The summed E-state index contributed by atoms with van der Waals surface area (Å²) in [5.41, 5.74) is 0. The standard InChI is InChI=1S/C10H20O3S/c1-2-3-4-5-6-7-8-10-9-12-14(11)13-10/h10H,2-9H2,1H3/t10-,14?/m1/s1. The molecule has 0 amide bonds. The fourth-order valence-corrected chi connectivity index (χ4v) is 2.27. The van der Waals surface area contributed by atoms with Gasteiger partial charge < -0.3 is 0 Å². The van der Waals surface area contributed by atoms with Gasteiger partial charge in [0.05, 0.1) is 6.61 Å². The highest BCUT2D eigenvalue weighted by molar-refractivity contribution is 7.75. The molecule has 84 valence electrons. The van der Waals surface area contributed by atoms with Gasteiger partial charge in [-0.15, -0.1) is 0 Å². The lowest BCUT2D eigenvalue weighted by Crippen LogP contribution is -2.08. The molecule has 0 saturated carbocycles. The summed E-state index contributed by atoms with van der Waals surface area (Å²) < 4.78 is 20.5. The number of unbranched alkanes of at least 4 members (excludes halogenated alkanes) is 5. The molecule has 0 aromatic heterocycles. The molecule has 0 spiro atoms. The predicted octanol–water partition coefficient (Wildman–Crippen LogP) is 2.73. The van der Waals surface area contributed by atoms with E-state index in [4.69, 9.17) is 8.37 Å². The van der Waals surface area contributed by atoms with Gasteiger partial charge in [0.1, 0.15) is 6.10 Å². The molecule has 0 bridgehead atoms. The van der Waals surface area contributed by atoms with Crippen LogP contribution in [-0.2, 0) is 19.7 Å². The number of rotatable bonds is 7. The molecule has 0 aliphatic carbocycles. The van der Waals surface area contributed by atoms with Gasteiger partial charge >= 0.3 is 11.4 Å². The largest absolute Gasteiger partial charge is 0.305 e. The van der Waals surface area contributed by atoms with Gasteiger partial charge in [0, 0.05) is 0 Å². The summed E-state index contributed by atoms with van der Waals surface area (Å²) in [6, 6.07) is 0. The van der Waals surface area contributed by atoms with E-state index in [1.54, 1.807) is 0 Å². The zero-order valence-electron chi connectivity index (χ0n) is 8.87. The lowest BCUT2D eigenvalue weighted by molar-refractivity contribution is 0.222. The Morgan fingerprint density at radius 2 is 1.93 bits per heavy atom. The minimum absolute atomic E-state index is 0.0713. The van der Waals surface area contributed by atoms with Gasteiger partial charge in [0.2, 0.25) is 0 Å². The van der Waals surface area contributed by atoms with Crippen molar-refractivity contribution in [2.24, 2.45) is 0 Å². The van der Waals surface area contributed by atoms with Crippen molar-refractivity contribution in [2.75, 3.05) is 6.61 Å². The Kier molecular flexibility index (Phi) is 6.39. The topological polar surface area (TPSA) is 35.5 Å². The minimum atomic E-state index is -1.46. The second-order valence-corrected chi connectivity index (χ2v) is 4.60. The van der Waals surface area contributed by atoms with E-state index in [1.807, 2.05) is 0 Å². The molecule has 14 heavy (non-hydrogen) atoms. The van der Waals surface area contributed by atoms with Crippen LogP contribution in [0.1, 0.15) is 51.9 Å². The van der Waals surface area contributed by atoms with Crippen molar-refractivity contribution in [1.29, 1.82) is 0 Å². The Labute approximate surface area is 89.0 Å². The second-order valence-electron chi connectivity index (χ2n) is 3.76. The minimum Gasteiger partial charge on any atom is -0.266 e. The lowest BCUT2D eigenvalue weighted by atomic mass is 10.1. The molecule has 0 aromatic rings. The average molecular weight is 220 g/mol. The molecule has 1 heterocycles. The van der Waals surface area contributed by atoms with Crippen LogP contribution < -0.4 is 0 Å². The Morgan fingerprint density at radius 3 is 2.57 bits per heavy atom. The molecule has 1 aliphatic rings. The highest BCUT2D eigenvalue weighted by Gasteiger charge is 2.22. The van der Waals surface area contributed by atoms with E-state index in [0.717, 1.165) is 12.8 Å². The zero-order chi connectivity index (χ0) is 10.2. The molecule has 4 heteroatoms. The number of hydrogen-bond donors (Lipinski definition) is 0. The molecular formula is C10H20O3S. The second kappa shape index (κ2) is 7.37. The Hall–Kier alpha value is 0.0700. The first-order chi connectivity index (χ1) is 6.83. The van der Waals surface area contributed by atoms with E-state index < -0.39 is 11.4 Å². The lowest BCUT2D eigenvalue weighted by Gasteiger charge is -2.04. The van der Waals surface area contributed by atoms with E-state index in [-0.39, 0.29) is 6.10 Å². The third-order valence-corrected chi connectivity index (χ3v) is 3.20. The van der Waals surface area contributed by atoms with Crippen molar-refractivity contribution in [3.8, 4) is 0 Å². The monoisotopic (exact) mass is 220 g/mol. The van der Waals surface area contributed by atoms with E-state index in [1.165, 1.54) is 32.1 Å². The maximum absolute atomic E-state index is 10.7. The highest BCUT2D eigenvalue weighted by atomic mass is 32.2. The van der Waals surface area contributed by atoms with Gasteiger partial charge in [-0.25, -0.2) is 0 Å². The SMILES string of the molecule is CCCCCCCC[C@@H]1COS(=O)O1. The Bertz CT molecular complexity index is 173. The maximum atomic E-state index is 10.7. The van der Waals surface area contributed by atoms with Gasteiger partial charge in [-0.3, -0.25) is 8.37 Å². The zero-order valence-corrected chi connectivity index (χ0v) is 9.68. The van der Waals surface area contributed by atoms with E-state index in [9.17, 15) is 4.21 Å². The van der Waals surface area contributed by atoms with Gasteiger partial charge in [-0.2, -0.15) is 4.21 Å². The summed E-state index contributed by atoms with van der Waals surface area (Å²) in [4.78, 5) is 0. The van der Waals surface area contributed by atoms with Crippen LogP contribution in [0, 0.1) is 0 Å². The van der Waals surface area contributed by atoms with Crippen molar-refractivity contribution in [1.82, 2.24) is 0 Å². The first kappa shape index (κ1) is 12.1. The molecule has 0 N–H and O–H groups in total. The van der Waals surface area contributed by atoms with Gasteiger partial charge in [-0.05, 0) is 6.42 Å². The van der Waals surface area contributed by atoms with Crippen LogP contribution in [-0.4, -0.2) is 16.9 Å². The van der Waals surface area contributed by atoms with E-state index in [0.29, 0.717) is 6.61 Å². The first-order valence-corrected chi connectivity index (χ1v) is 6.55. The van der Waals surface area contributed by atoms with Crippen LogP contribution in [0.4, 0.5) is 0 Å². The summed E-state index contributed by atoms with van der Waals surface area (Å²) in [7, 11) is 0. The van der Waals surface area contributed by atoms with Crippen LogP contribution in [0.15, 0.2) is 0 Å². The third kappa shape index (κ3) is 5.08. The van der Waals surface area contributed by atoms with Crippen LogP contribution in [0.2, 0.25) is 0 Å². The van der Waals surface area contributed by atoms with Crippen molar-refractivity contribution in [2.45, 2.75) is 58.0 Å². The predicted molar refractivity (Wildman–Crippen MR) is 57.0 cm³/mol. The normalized spacial score (nSPS) is 26.9. The summed E-state index contributed by atoms with van der Waals surface area (Å²) in [5.74, 6) is 0. The van der Waals surface area contributed by atoms with E-state index in [2.05, 4.69) is 6.92 Å². The molecule has 0 radical (unpaired) electrons.